The van der Waals surface area contributed by atoms with Crippen LogP contribution in [0.15, 0.2) is 12.3 Å². The molecule has 22 heavy (non-hydrogen) atoms. The SMILES string of the molecule is CO[C@H](C)c1nccc(N2CCN(S(=O)(=O)N(C)C)CC2)n1. The lowest BCUT2D eigenvalue weighted by Gasteiger charge is -2.35. The summed E-state index contributed by atoms with van der Waals surface area (Å²) in [5, 5.41) is 0. The summed E-state index contributed by atoms with van der Waals surface area (Å²) < 4.78 is 32.2. The van der Waals surface area contributed by atoms with Gasteiger partial charge < -0.3 is 9.64 Å². The van der Waals surface area contributed by atoms with Gasteiger partial charge in [0, 0.05) is 53.6 Å². The Morgan fingerprint density at radius 1 is 1.27 bits per heavy atom. The Hall–Kier alpha value is -1.29. The molecule has 0 aromatic carbocycles. The minimum atomic E-state index is -3.34. The van der Waals surface area contributed by atoms with Gasteiger partial charge >= 0.3 is 0 Å². The minimum Gasteiger partial charge on any atom is -0.374 e. The van der Waals surface area contributed by atoms with Crippen molar-refractivity contribution in [2.45, 2.75) is 13.0 Å². The Morgan fingerprint density at radius 3 is 2.45 bits per heavy atom. The topological polar surface area (TPSA) is 78.9 Å². The lowest BCUT2D eigenvalue weighted by molar-refractivity contribution is 0.112. The summed E-state index contributed by atoms with van der Waals surface area (Å²) in [4.78, 5) is 10.8. The van der Waals surface area contributed by atoms with Crippen molar-refractivity contribution < 1.29 is 13.2 Å². The quantitative estimate of drug-likeness (QED) is 0.763. The van der Waals surface area contributed by atoms with E-state index in [1.165, 1.54) is 8.61 Å². The van der Waals surface area contributed by atoms with E-state index in [4.69, 9.17) is 4.74 Å². The number of aromatic nitrogens is 2. The molecule has 1 fully saturated rings. The summed E-state index contributed by atoms with van der Waals surface area (Å²) in [5.41, 5.74) is 0. The zero-order chi connectivity index (χ0) is 16.3. The van der Waals surface area contributed by atoms with Crippen molar-refractivity contribution >= 4 is 16.0 Å². The van der Waals surface area contributed by atoms with Crippen LogP contribution < -0.4 is 4.90 Å². The summed E-state index contributed by atoms with van der Waals surface area (Å²) in [6.45, 7) is 3.98. The van der Waals surface area contributed by atoms with Crippen molar-refractivity contribution in [1.29, 1.82) is 0 Å². The highest BCUT2D eigenvalue weighted by atomic mass is 32.2. The molecular formula is C13H23N5O3S. The van der Waals surface area contributed by atoms with Gasteiger partial charge in [-0.3, -0.25) is 0 Å². The second kappa shape index (κ2) is 6.86. The number of rotatable bonds is 5. The highest BCUT2D eigenvalue weighted by Gasteiger charge is 2.29. The Bertz CT molecular complexity index is 599. The van der Waals surface area contributed by atoms with Gasteiger partial charge in [-0.05, 0) is 13.0 Å². The lowest BCUT2D eigenvalue weighted by Crippen LogP contribution is -2.51. The van der Waals surface area contributed by atoms with E-state index in [-0.39, 0.29) is 6.10 Å². The van der Waals surface area contributed by atoms with Gasteiger partial charge in [0.05, 0.1) is 0 Å². The fourth-order valence-corrected chi connectivity index (χ4v) is 3.31. The third-order valence-electron chi connectivity index (χ3n) is 3.73. The second-order valence-electron chi connectivity index (χ2n) is 5.33. The van der Waals surface area contributed by atoms with Gasteiger partial charge in [-0.25, -0.2) is 9.97 Å². The molecule has 0 N–H and O–H groups in total. The molecule has 1 aliphatic rings. The van der Waals surface area contributed by atoms with Gasteiger partial charge in [-0.15, -0.1) is 0 Å². The summed E-state index contributed by atoms with van der Waals surface area (Å²) in [7, 11) is 1.37. The minimum absolute atomic E-state index is 0.171. The molecule has 0 spiro atoms. The monoisotopic (exact) mass is 329 g/mol. The number of anilines is 1. The molecule has 0 saturated carbocycles. The first-order chi connectivity index (χ1) is 10.4. The van der Waals surface area contributed by atoms with Gasteiger partial charge in [-0.2, -0.15) is 17.0 Å². The molecule has 1 atom stereocenters. The maximum absolute atomic E-state index is 12.1. The van der Waals surface area contributed by atoms with Crippen LogP contribution in [0, 0.1) is 0 Å². The fourth-order valence-electron chi connectivity index (χ4n) is 2.22. The average molecular weight is 329 g/mol. The number of methoxy groups -OCH3 is 1. The molecule has 0 unspecified atom stereocenters. The number of hydrogen-bond donors (Lipinski definition) is 0. The Balaban J connectivity index is 2.06. The largest absolute Gasteiger partial charge is 0.374 e. The number of ether oxygens (including phenoxy) is 1. The van der Waals surface area contributed by atoms with E-state index in [0.717, 1.165) is 5.82 Å². The first kappa shape index (κ1) is 17.1. The number of hydrogen-bond acceptors (Lipinski definition) is 6. The fraction of sp³-hybridized carbons (Fsp3) is 0.692. The Kier molecular flexibility index (Phi) is 5.32. The van der Waals surface area contributed by atoms with Gasteiger partial charge in [-0.1, -0.05) is 0 Å². The molecule has 2 rings (SSSR count). The Morgan fingerprint density at radius 2 is 1.91 bits per heavy atom. The van der Waals surface area contributed by atoms with Crippen LogP contribution in [0.1, 0.15) is 18.9 Å². The molecule has 8 nitrogen and oxygen atoms in total. The molecule has 0 radical (unpaired) electrons. The number of piperazine rings is 1. The summed E-state index contributed by atoms with van der Waals surface area (Å²) >= 11 is 0. The normalized spacial score (nSPS) is 18.7. The molecular weight excluding hydrogens is 306 g/mol. The molecule has 1 saturated heterocycles. The van der Waals surface area contributed by atoms with E-state index in [0.29, 0.717) is 32.0 Å². The van der Waals surface area contributed by atoms with Crippen molar-refractivity contribution in [3.8, 4) is 0 Å². The van der Waals surface area contributed by atoms with Gasteiger partial charge in [0.25, 0.3) is 10.2 Å². The first-order valence-electron chi connectivity index (χ1n) is 7.14. The standard InChI is InChI=1S/C13H23N5O3S/c1-11(21-4)13-14-6-5-12(15-13)17-7-9-18(10-8-17)22(19,20)16(2)3/h5-6,11H,7-10H2,1-4H3/t11-/m1/s1. The second-order valence-corrected chi connectivity index (χ2v) is 7.47. The van der Waals surface area contributed by atoms with Gasteiger partial charge in [0.1, 0.15) is 11.9 Å². The molecule has 124 valence electrons. The van der Waals surface area contributed by atoms with E-state index < -0.39 is 10.2 Å². The Labute approximate surface area is 131 Å². The van der Waals surface area contributed by atoms with Crippen LogP contribution in [-0.2, 0) is 14.9 Å². The molecule has 9 heteroatoms. The van der Waals surface area contributed by atoms with Crippen LogP contribution in [-0.4, -0.2) is 74.4 Å². The van der Waals surface area contributed by atoms with Crippen LogP contribution >= 0.6 is 0 Å². The summed E-state index contributed by atoms with van der Waals surface area (Å²) in [6.07, 6.45) is 1.53. The summed E-state index contributed by atoms with van der Waals surface area (Å²) in [6, 6.07) is 1.84. The molecule has 1 aromatic rings. The van der Waals surface area contributed by atoms with E-state index in [1.807, 2.05) is 13.0 Å². The number of nitrogens with zero attached hydrogens (tertiary/aromatic N) is 5. The summed E-state index contributed by atoms with van der Waals surface area (Å²) in [5.74, 6) is 1.43. The van der Waals surface area contributed by atoms with Crippen molar-refractivity contribution in [2.75, 3.05) is 52.3 Å². The molecule has 0 bridgehead atoms. The highest BCUT2D eigenvalue weighted by molar-refractivity contribution is 7.86. The van der Waals surface area contributed by atoms with Crippen LogP contribution in [0.5, 0.6) is 0 Å². The van der Waals surface area contributed by atoms with Crippen LogP contribution in [0.4, 0.5) is 5.82 Å². The third-order valence-corrected chi connectivity index (χ3v) is 5.67. The maximum Gasteiger partial charge on any atom is 0.281 e. The van der Waals surface area contributed by atoms with Crippen LogP contribution in [0.2, 0.25) is 0 Å². The molecule has 0 aliphatic carbocycles. The predicted octanol–water partition coefficient (Wildman–Crippen LogP) is 0.112. The first-order valence-corrected chi connectivity index (χ1v) is 8.54. The zero-order valence-electron chi connectivity index (χ0n) is 13.4. The predicted molar refractivity (Wildman–Crippen MR) is 83.8 cm³/mol. The lowest BCUT2D eigenvalue weighted by atomic mass is 10.3. The maximum atomic E-state index is 12.1. The average Bonchev–Trinajstić information content (AvgIpc) is 2.54. The van der Waals surface area contributed by atoms with E-state index >= 15 is 0 Å². The molecule has 1 aliphatic heterocycles. The van der Waals surface area contributed by atoms with Gasteiger partial charge in [0.15, 0.2) is 5.82 Å². The van der Waals surface area contributed by atoms with E-state index in [1.54, 1.807) is 27.4 Å². The van der Waals surface area contributed by atoms with Crippen molar-refractivity contribution in [2.24, 2.45) is 0 Å². The smallest absolute Gasteiger partial charge is 0.281 e. The van der Waals surface area contributed by atoms with Crippen molar-refractivity contribution in [1.82, 2.24) is 18.6 Å². The van der Waals surface area contributed by atoms with Crippen molar-refractivity contribution in [3.63, 3.8) is 0 Å². The molecule has 2 heterocycles. The highest BCUT2D eigenvalue weighted by Crippen LogP contribution is 2.18. The third kappa shape index (κ3) is 3.54. The van der Waals surface area contributed by atoms with E-state index in [2.05, 4.69) is 14.9 Å². The molecule has 0 amide bonds. The van der Waals surface area contributed by atoms with Gasteiger partial charge in [0.2, 0.25) is 0 Å². The van der Waals surface area contributed by atoms with Crippen molar-refractivity contribution in [3.05, 3.63) is 18.1 Å². The zero-order valence-corrected chi connectivity index (χ0v) is 14.2. The van der Waals surface area contributed by atoms with Crippen LogP contribution in [0.25, 0.3) is 0 Å². The van der Waals surface area contributed by atoms with E-state index in [9.17, 15) is 8.42 Å². The van der Waals surface area contributed by atoms with Crippen LogP contribution in [0.3, 0.4) is 0 Å². The molecule has 1 aromatic heterocycles.